The van der Waals surface area contributed by atoms with Crippen molar-refractivity contribution >= 4 is 28.8 Å². The van der Waals surface area contributed by atoms with Crippen LogP contribution in [0.25, 0.3) is 11.0 Å². The molecule has 25 heavy (non-hydrogen) atoms. The van der Waals surface area contributed by atoms with Gasteiger partial charge < -0.3 is 19.8 Å². The highest BCUT2D eigenvalue weighted by molar-refractivity contribution is 5.88. The third kappa shape index (κ3) is 5.07. The van der Waals surface area contributed by atoms with E-state index in [-0.39, 0.29) is 37.7 Å². The molecule has 0 saturated heterocycles. The minimum absolute atomic E-state index is 0.0904. The Kier molecular flexibility index (Phi) is 6.16. The number of furan rings is 1. The minimum atomic E-state index is -0.519. The lowest BCUT2D eigenvalue weighted by Gasteiger charge is -2.06. The second-order valence-electron chi connectivity index (χ2n) is 5.82. The van der Waals surface area contributed by atoms with E-state index in [1.54, 1.807) is 6.26 Å². The maximum atomic E-state index is 12.0. The number of methoxy groups -OCH3 is 1. The number of nitrogens with one attached hydrogen (secondary N) is 2. The van der Waals surface area contributed by atoms with E-state index in [4.69, 9.17) is 4.42 Å². The Morgan fingerprint density at radius 3 is 2.52 bits per heavy atom. The molecular formula is C18H22N2O5. The van der Waals surface area contributed by atoms with Crippen molar-refractivity contribution in [2.24, 2.45) is 0 Å². The van der Waals surface area contributed by atoms with E-state index in [9.17, 15) is 14.4 Å². The average Bonchev–Trinajstić information content (AvgIpc) is 2.94. The number of rotatable bonds is 7. The van der Waals surface area contributed by atoms with Gasteiger partial charge in [0.1, 0.15) is 12.1 Å². The zero-order chi connectivity index (χ0) is 18.4. The van der Waals surface area contributed by atoms with Crippen LogP contribution in [-0.2, 0) is 25.5 Å². The van der Waals surface area contributed by atoms with Crippen LogP contribution in [0.15, 0.2) is 22.8 Å². The van der Waals surface area contributed by atoms with E-state index < -0.39 is 5.97 Å². The number of hydrogen-bond acceptors (Lipinski definition) is 5. The molecule has 2 rings (SSSR count). The number of fused-ring (bicyclic) bond motifs is 1. The Morgan fingerprint density at radius 1 is 1.08 bits per heavy atom. The van der Waals surface area contributed by atoms with Gasteiger partial charge in [-0.1, -0.05) is 0 Å². The molecule has 1 aromatic carbocycles. The summed E-state index contributed by atoms with van der Waals surface area (Å²) in [6.45, 7) is 4.04. The molecule has 0 spiro atoms. The van der Waals surface area contributed by atoms with Crippen LogP contribution in [-0.4, -0.2) is 38.0 Å². The van der Waals surface area contributed by atoms with Crippen molar-refractivity contribution < 1.29 is 23.5 Å². The number of amides is 2. The summed E-state index contributed by atoms with van der Waals surface area (Å²) in [7, 11) is 1.25. The number of hydrogen-bond donors (Lipinski definition) is 2. The molecule has 0 atom stereocenters. The van der Waals surface area contributed by atoms with Crippen LogP contribution in [0.2, 0.25) is 0 Å². The van der Waals surface area contributed by atoms with Gasteiger partial charge in [0.2, 0.25) is 11.8 Å². The minimum Gasteiger partial charge on any atom is -0.468 e. The first-order valence-electron chi connectivity index (χ1n) is 7.98. The van der Waals surface area contributed by atoms with Crippen molar-refractivity contribution in [3.8, 4) is 0 Å². The number of carbonyl (C=O) groups excluding carboxylic acids is 3. The van der Waals surface area contributed by atoms with E-state index in [0.717, 1.165) is 27.7 Å². The topological polar surface area (TPSA) is 97.6 Å². The molecule has 0 aliphatic heterocycles. The number of esters is 1. The van der Waals surface area contributed by atoms with Crippen molar-refractivity contribution in [1.29, 1.82) is 0 Å². The van der Waals surface area contributed by atoms with Crippen LogP contribution in [0.4, 0.5) is 0 Å². The monoisotopic (exact) mass is 346 g/mol. The summed E-state index contributed by atoms with van der Waals surface area (Å²) in [5.74, 6) is -1.04. The molecule has 7 heteroatoms. The van der Waals surface area contributed by atoms with Gasteiger partial charge in [0.15, 0.2) is 0 Å². The molecule has 0 fully saturated rings. The highest BCUT2D eigenvalue weighted by Crippen LogP contribution is 2.25. The molecular weight excluding hydrogens is 324 g/mol. The van der Waals surface area contributed by atoms with Crippen LogP contribution >= 0.6 is 0 Å². The van der Waals surface area contributed by atoms with Gasteiger partial charge in [0, 0.05) is 23.9 Å². The lowest BCUT2D eigenvalue weighted by atomic mass is 10.0. The summed E-state index contributed by atoms with van der Waals surface area (Å²) in [4.78, 5) is 34.5. The van der Waals surface area contributed by atoms with E-state index in [1.807, 2.05) is 26.0 Å². The van der Waals surface area contributed by atoms with Crippen molar-refractivity contribution in [3.63, 3.8) is 0 Å². The number of carbonyl (C=O) groups is 3. The van der Waals surface area contributed by atoms with Crippen LogP contribution in [0, 0.1) is 13.8 Å². The Hall–Kier alpha value is -2.83. The predicted molar refractivity (Wildman–Crippen MR) is 92.0 cm³/mol. The largest absolute Gasteiger partial charge is 0.468 e. The predicted octanol–water partition coefficient (Wildman–Crippen LogP) is 1.39. The second kappa shape index (κ2) is 8.32. The molecule has 0 radical (unpaired) electrons. The van der Waals surface area contributed by atoms with Gasteiger partial charge in [0.25, 0.3) is 0 Å². The zero-order valence-corrected chi connectivity index (χ0v) is 14.6. The zero-order valence-electron chi connectivity index (χ0n) is 14.6. The average molecular weight is 346 g/mol. The molecule has 2 N–H and O–H groups in total. The molecule has 0 aliphatic rings. The van der Waals surface area contributed by atoms with Gasteiger partial charge in [0.05, 0.1) is 19.8 Å². The first kappa shape index (κ1) is 18.5. The normalized spacial score (nSPS) is 10.5. The third-order valence-electron chi connectivity index (χ3n) is 3.95. The highest BCUT2D eigenvalue weighted by atomic mass is 16.5. The molecule has 2 amide bonds. The Balaban J connectivity index is 1.82. The summed E-state index contributed by atoms with van der Waals surface area (Å²) in [5, 5.41) is 6.02. The summed E-state index contributed by atoms with van der Waals surface area (Å²) in [6, 6.07) is 3.97. The first-order valence-corrected chi connectivity index (χ1v) is 7.98. The molecule has 0 saturated carbocycles. The summed E-state index contributed by atoms with van der Waals surface area (Å²) in [6.07, 6.45) is 1.86. The fraction of sp³-hybridized carbons (Fsp3) is 0.389. The SMILES string of the molecule is COC(=O)CNC(=O)CCNC(=O)Cc1coc2cc(C)c(C)cc12. The number of ether oxygens (including phenoxy) is 1. The first-order chi connectivity index (χ1) is 11.9. The molecule has 2 aromatic rings. The van der Waals surface area contributed by atoms with E-state index in [1.165, 1.54) is 7.11 Å². The maximum absolute atomic E-state index is 12.0. The Morgan fingerprint density at radius 2 is 1.80 bits per heavy atom. The van der Waals surface area contributed by atoms with Crippen molar-refractivity contribution in [2.45, 2.75) is 26.7 Å². The fourth-order valence-electron chi connectivity index (χ4n) is 2.36. The van der Waals surface area contributed by atoms with Crippen LogP contribution < -0.4 is 10.6 Å². The summed E-state index contributed by atoms with van der Waals surface area (Å²) in [5.41, 5.74) is 3.84. The van der Waals surface area contributed by atoms with Gasteiger partial charge in [-0.3, -0.25) is 14.4 Å². The standard InChI is InChI=1S/C18H22N2O5/c1-11-6-14-13(10-25-15(14)7-12(11)2)8-17(22)19-5-4-16(21)20-9-18(23)24-3/h6-7,10H,4-5,8-9H2,1-3H3,(H,19,22)(H,20,21). The summed E-state index contributed by atoms with van der Waals surface area (Å²) >= 11 is 0. The van der Waals surface area contributed by atoms with E-state index >= 15 is 0 Å². The maximum Gasteiger partial charge on any atom is 0.325 e. The van der Waals surface area contributed by atoms with Gasteiger partial charge >= 0.3 is 5.97 Å². The van der Waals surface area contributed by atoms with E-state index in [2.05, 4.69) is 15.4 Å². The van der Waals surface area contributed by atoms with Crippen molar-refractivity contribution in [1.82, 2.24) is 10.6 Å². The van der Waals surface area contributed by atoms with Crippen LogP contribution in [0.3, 0.4) is 0 Å². The lowest BCUT2D eigenvalue weighted by Crippen LogP contribution is -2.34. The van der Waals surface area contributed by atoms with E-state index in [0.29, 0.717) is 0 Å². The van der Waals surface area contributed by atoms with Crippen LogP contribution in [0.1, 0.15) is 23.1 Å². The molecule has 0 bridgehead atoms. The van der Waals surface area contributed by atoms with Gasteiger partial charge in [-0.25, -0.2) is 0 Å². The van der Waals surface area contributed by atoms with Crippen molar-refractivity contribution in [2.75, 3.05) is 20.2 Å². The molecule has 0 unspecified atom stereocenters. The Bertz CT molecular complexity index is 794. The van der Waals surface area contributed by atoms with Gasteiger partial charge in [-0.2, -0.15) is 0 Å². The smallest absolute Gasteiger partial charge is 0.325 e. The number of benzene rings is 1. The molecule has 134 valence electrons. The van der Waals surface area contributed by atoms with Gasteiger partial charge in [-0.05, 0) is 37.1 Å². The highest BCUT2D eigenvalue weighted by Gasteiger charge is 2.12. The molecule has 1 aromatic heterocycles. The Labute approximate surface area is 145 Å². The lowest BCUT2D eigenvalue weighted by molar-refractivity contribution is -0.141. The third-order valence-corrected chi connectivity index (χ3v) is 3.95. The van der Waals surface area contributed by atoms with Crippen LogP contribution in [0.5, 0.6) is 0 Å². The molecule has 1 heterocycles. The fourth-order valence-corrected chi connectivity index (χ4v) is 2.36. The quantitative estimate of drug-likeness (QED) is 0.738. The number of aryl methyl sites for hydroxylation is 2. The van der Waals surface area contributed by atoms with Gasteiger partial charge in [-0.15, -0.1) is 0 Å². The van der Waals surface area contributed by atoms with Crippen molar-refractivity contribution in [3.05, 3.63) is 35.1 Å². The molecule has 7 nitrogen and oxygen atoms in total. The summed E-state index contributed by atoms with van der Waals surface area (Å²) < 4.78 is 9.93. The molecule has 0 aliphatic carbocycles. The second-order valence-corrected chi connectivity index (χ2v) is 5.82.